The van der Waals surface area contributed by atoms with Crippen molar-refractivity contribution >= 4 is 23.1 Å². The minimum atomic E-state index is -0.283. The number of hydrogen-bond acceptors (Lipinski definition) is 6. The first kappa shape index (κ1) is 19.0. The molecule has 0 radical (unpaired) electrons. The molecule has 1 aromatic heterocycles. The van der Waals surface area contributed by atoms with Gasteiger partial charge in [-0.15, -0.1) is 0 Å². The third-order valence-electron chi connectivity index (χ3n) is 4.05. The number of hydrogen-bond donors (Lipinski definition) is 2. The van der Waals surface area contributed by atoms with E-state index in [1.54, 1.807) is 50.7 Å². The number of para-hydroxylation sites is 2. The molecule has 0 aliphatic rings. The predicted octanol–water partition coefficient (Wildman–Crippen LogP) is 4.10. The number of nitrogens with one attached hydrogen (secondary N) is 2. The van der Waals surface area contributed by atoms with Gasteiger partial charge in [-0.05, 0) is 36.4 Å². The third-order valence-corrected chi connectivity index (χ3v) is 4.05. The molecular weight excluding hydrogens is 358 g/mol. The highest BCUT2D eigenvalue weighted by atomic mass is 16.5. The van der Waals surface area contributed by atoms with Crippen LogP contribution in [0.2, 0.25) is 0 Å². The molecule has 0 spiro atoms. The molecule has 2 aromatic carbocycles. The molecule has 0 aliphatic heterocycles. The smallest absolute Gasteiger partial charge is 0.255 e. The fourth-order valence-corrected chi connectivity index (χ4v) is 2.62. The number of nitrogens with zero attached hydrogens (tertiary/aromatic N) is 1. The minimum Gasteiger partial charge on any atom is -0.497 e. The van der Waals surface area contributed by atoms with Gasteiger partial charge in [-0.3, -0.25) is 4.79 Å². The van der Waals surface area contributed by atoms with Gasteiger partial charge in [0.15, 0.2) is 0 Å². The molecule has 0 saturated carbocycles. The van der Waals surface area contributed by atoms with Crippen LogP contribution in [0.5, 0.6) is 17.2 Å². The van der Waals surface area contributed by atoms with Crippen molar-refractivity contribution in [3.63, 3.8) is 0 Å². The normalized spacial score (nSPS) is 10.1. The van der Waals surface area contributed by atoms with Crippen LogP contribution in [0.3, 0.4) is 0 Å². The lowest BCUT2D eigenvalue weighted by Crippen LogP contribution is -2.13. The van der Waals surface area contributed by atoms with Crippen molar-refractivity contribution in [2.24, 2.45) is 0 Å². The predicted molar refractivity (Wildman–Crippen MR) is 108 cm³/mol. The van der Waals surface area contributed by atoms with Crippen LogP contribution < -0.4 is 24.8 Å². The fourth-order valence-electron chi connectivity index (χ4n) is 2.62. The second-order valence-corrected chi connectivity index (χ2v) is 5.78. The van der Waals surface area contributed by atoms with Gasteiger partial charge in [0.05, 0.1) is 32.7 Å². The number of carbonyl (C=O) groups is 1. The first-order valence-corrected chi connectivity index (χ1v) is 8.54. The minimum absolute atomic E-state index is 0.283. The van der Waals surface area contributed by atoms with Gasteiger partial charge in [0.25, 0.3) is 5.91 Å². The molecule has 0 atom stereocenters. The summed E-state index contributed by atoms with van der Waals surface area (Å²) >= 11 is 0. The molecule has 2 N–H and O–H groups in total. The molecule has 0 bridgehead atoms. The highest BCUT2D eigenvalue weighted by Crippen LogP contribution is 2.30. The Kier molecular flexibility index (Phi) is 5.96. The zero-order valence-corrected chi connectivity index (χ0v) is 15.9. The summed E-state index contributed by atoms with van der Waals surface area (Å²) in [6, 6.07) is 16.0. The Morgan fingerprint density at radius 3 is 2.39 bits per heavy atom. The van der Waals surface area contributed by atoms with Gasteiger partial charge in [-0.1, -0.05) is 12.1 Å². The molecule has 7 nitrogen and oxygen atoms in total. The molecule has 3 aromatic rings. The van der Waals surface area contributed by atoms with E-state index in [1.807, 2.05) is 24.3 Å². The lowest BCUT2D eigenvalue weighted by atomic mass is 10.2. The van der Waals surface area contributed by atoms with Crippen molar-refractivity contribution in [1.82, 2.24) is 4.98 Å². The summed E-state index contributed by atoms with van der Waals surface area (Å²) in [5, 5.41) is 6.01. The van der Waals surface area contributed by atoms with Gasteiger partial charge in [-0.25, -0.2) is 4.98 Å². The monoisotopic (exact) mass is 379 g/mol. The van der Waals surface area contributed by atoms with Crippen molar-refractivity contribution in [3.8, 4) is 17.2 Å². The van der Waals surface area contributed by atoms with Crippen LogP contribution in [-0.2, 0) is 0 Å². The van der Waals surface area contributed by atoms with E-state index in [0.29, 0.717) is 34.3 Å². The number of pyridine rings is 1. The van der Waals surface area contributed by atoms with E-state index in [1.165, 1.54) is 7.11 Å². The number of anilines is 3. The first-order chi connectivity index (χ1) is 13.6. The maximum atomic E-state index is 12.7. The van der Waals surface area contributed by atoms with Crippen molar-refractivity contribution in [2.45, 2.75) is 0 Å². The number of ether oxygens (including phenoxy) is 3. The van der Waals surface area contributed by atoms with Crippen LogP contribution >= 0.6 is 0 Å². The average Bonchev–Trinajstić information content (AvgIpc) is 2.74. The molecular formula is C21H21N3O4. The van der Waals surface area contributed by atoms with Gasteiger partial charge < -0.3 is 24.8 Å². The summed E-state index contributed by atoms with van der Waals surface area (Å²) in [7, 11) is 4.70. The van der Waals surface area contributed by atoms with Gasteiger partial charge in [0, 0.05) is 17.8 Å². The van der Waals surface area contributed by atoms with Crippen LogP contribution in [0.25, 0.3) is 0 Å². The summed E-state index contributed by atoms with van der Waals surface area (Å²) in [5.41, 5.74) is 1.75. The Hall–Kier alpha value is -3.74. The Bertz CT molecular complexity index is 975. The largest absolute Gasteiger partial charge is 0.497 e. The molecule has 0 unspecified atom stereocenters. The maximum absolute atomic E-state index is 12.7. The molecule has 0 aliphatic carbocycles. The zero-order chi connectivity index (χ0) is 19.9. The molecule has 28 heavy (non-hydrogen) atoms. The molecule has 7 heteroatoms. The number of rotatable bonds is 7. The van der Waals surface area contributed by atoms with Crippen LogP contribution in [0, 0.1) is 0 Å². The van der Waals surface area contributed by atoms with E-state index in [9.17, 15) is 4.79 Å². The number of benzene rings is 2. The van der Waals surface area contributed by atoms with E-state index >= 15 is 0 Å². The van der Waals surface area contributed by atoms with Gasteiger partial charge in [-0.2, -0.15) is 0 Å². The Morgan fingerprint density at radius 1 is 0.857 bits per heavy atom. The third kappa shape index (κ3) is 4.32. The number of methoxy groups -OCH3 is 3. The van der Waals surface area contributed by atoms with Crippen LogP contribution in [0.1, 0.15) is 10.4 Å². The Balaban J connectivity index is 1.79. The molecule has 0 saturated heterocycles. The van der Waals surface area contributed by atoms with Crippen LogP contribution in [-0.4, -0.2) is 32.2 Å². The highest BCUT2D eigenvalue weighted by Gasteiger charge is 2.12. The van der Waals surface area contributed by atoms with Crippen LogP contribution in [0.4, 0.5) is 17.2 Å². The summed E-state index contributed by atoms with van der Waals surface area (Å²) in [6.07, 6.45) is 1.57. The van der Waals surface area contributed by atoms with E-state index < -0.39 is 0 Å². The van der Waals surface area contributed by atoms with E-state index in [2.05, 4.69) is 15.6 Å². The quantitative estimate of drug-likeness (QED) is 0.643. The lowest BCUT2D eigenvalue weighted by Gasteiger charge is -2.13. The van der Waals surface area contributed by atoms with Crippen molar-refractivity contribution in [1.29, 1.82) is 0 Å². The highest BCUT2D eigenvalue weighted by molar-refractivity contribution is 6.05. The molecule has 3 rings (SSSR count). The first-order valence-electron chi connectivity index (χ1n) is 8.54. The average molecular weight is 379 g/mol. The van der Waals surface area contributed by atoms with E-state index in [4.69, 9.17) is 14.2 Å². The van der Waals surface area contributed by atoms with Crippen molar-refractivity contribution < 1.29 is 19.0 Å². The van der Waals surface area contributed by atoms with Crippen molar-refractivity contribution in [3.05, 3.63) is 66.4 Å². The number of amides is 1. The molecule has 144 valence electrons. The summed E-state index contributed by atoms with van der Waals surface area (Å²) in [6.45, 7) is 0. The lowest BCUT2D eigenvalue weighted by molar-refractivity contribution is 0.102. The zero-order valence-electron chi connectivity index (χ0n) is 15.9. The number of carbonyl (C=O) groups excluding carboxylic acids is 1. The fraction of sp³-hybridized carbons (Fsp3) is 0.143. The van der Waals surface area contributed by atoms with Gasteiger partial charge in [0.2, 0.25) is 0 Å². The molecule has 1 amide bonds. The standard InChI is InChI=1S/C21H21N3O4/c1-26-15-8-9-17(19(13-15)28-3)24-21(25)14-10-11-22-20(12-14)23-16-6-4-5-7-18(16)27-2/h4-13H,1-3H3,(H,22,23)(H,24,25). The Morgan fingerprint density at radius 2 is 1.64 bits per heavy atom. The molecule has 0 fully saturated rings. The summed E-state index contributed by atoms with van der Waals surface area (Å²) < 4.78 is 15.8. The van der Waals surface area contributed by atoms with Crippen molar-refractivity contribution in [2.75, 3.05) is 32.0 Å². The van der Waals surface area contributed by atoms with E-state index in [-0.39, 0.29) is 5.91 Å². The maximum Gasteiger partial charge on any atom is 0.255 e. The molecule has 1 heterocycles. The van der Waals surface area contributed by atoms with E-state index in [0.717, 1.165) is 5.69 Å². The Labute approximate surface area is 163 Å². The second-order valence-electron chi connectivity index (χ2n) is 5.78. The topological polar surface area (TPSA) is 81.7 Å². The van der Waals surface area contributed by atoms with Crippen LogP contribution in [0.15, 0.2) is 60.8 Å². The SMILES string of the molecule is COc1ccc(NC(=O)c2ccnc(Nc3ccccc3OC)c2)c(OC)c1. The summed E-state index contributed by atoms with van der Waals surface area (Å²) in [4.78, 5) is 17.0. The van der Waals surface area contributed by atoms with Gasteiger partial charge in [0.1, 0.15) is 23.1 Å². The second kappa shape index (κ2) is 8.77. The van der Waals surface area contributed by atoms with Gasteiger partial charge >= 0.3 is 0 Å². The summed E-state index contributed by atoms with van der Waals surface area (Å²) in [5.74, 6) is 2.08. The number of aromatic nitrogens is 1.